The van der Waals surface area contributed by atoms with Gasteiger partial charge in [-0.3, -0.25) is 0 Å². The summed E-state index contributed by atoms with van der Waals surface area (Å²) in [6, 6.07) is 35.0. The number of rotatable bonds is 4. The molecule has 68 heavy (non-hydrogen) atoms. The second kappa shape index (κ2) is 16.7. The van der Waals surface area contributed by atoms with Crippen LogP contribution in [0.2, 0.25) is 0 Å². The average Bonchev–Trinajstić information content (AvgIpc) is 4.24. The molecule has 4 aromatic carbocycles. The summed E-state index contributed by atoms with van der Waals surface area (Å²) in [7, 11) is 0. The molecule has 12 heteroatoms. The summed E-state index contributed by atoms with van der Waals surface area (Å²) < 4.78 is 8.88. The number of imidazole rings is 4. The summed E-state index contributed by atoms with van der Waals surface area (Å²) in [5.41, 5.74) is 15.2. The molecule has 8 aliphatic rings. The summed E-state index contributed by atoms with van der Waals surface area (Å²) in [5.74, 6) is 1.41. The van der Waals surface area contributed by atoms with E-state index >= 15 is 0 Å². The van der Waals surface area contributed by atoms with Gasteiger partial charge in [0.25, 0.3) is 0 Å². The maximum Gasteiger partial charge on any atom is 0.0956 e. The highest BCUT2D eigenvalue weighted by Crippen LogP contribution is 2.52. The van der Waals surface area contributed by atoms with E-state index in [1.165, 1.54) is 67.3 Å². The SMILES string of the molecule is O[C@@H]1CC[C@@H]1[C@H]1c2ccccc2-c2cncn21.O[C@@H]1CC[C@H]1[C@@H]1c2ccccc2-c2cncn21.O[C@H]1CC[C@@H]1[C@H]1c2ccccc2-c2cncn21.O[C@H]1CC[C@H]1[C@@H]1c2ccccc2-c2cncn21. The molecule has 4 aliphatic heterocycles. The molecule has 4 N–H and O–H groups in total. The van der Waals surface area contributed by atoms with Crippen molar-refractivity contribution in [3.63, 3.8) is 0 Å². The van der Waals surface area contributed by atoms with Crippen LogP contribution >= 0.6 is 0 Å². The van der Waals surface area contributed by atoms with Crippen molar-refractivity contribution in [3.05, 3.63) is 169 Å². The molecule has 4 aliphatic carbocycles. The third-order valence-electron chi connectivity index (χ3n) is 16.9. The molecule has 0 bridgehead atoms. The smallest absolute Gasteiger partial charge is 0.0956 e. The van der Waals surface area contributed by atoms with E-state index in [4.69, 9.17) is 0 Å². The molecule has 12 atom stereocenters. The van der Waals surface area contributed by atoms with Crippen LogP contribution in [0.5, 0.6) is 0 Å². The van der Waals surface area contributed by atoms with Crippen molar-refractivity contribution in [3.8, 4) is 45.0 Å². The van der Waals surface area contributed by atoms with Gasteiger partial charge in [0.15, 0.2) is 0 Å². The fourth-order valence-corrected chi connectivity index (χ4v) is 12.7. The van der Waals surface area contributed by atoms with Crippen molar-refractivity contribution in [2.45, 2.75) is 99.9 Å². The molecule has 0 radical (unpaired) electrons. The number of hydrogen-bond donors (Lipinski definition) is 4. The Labute approximate surface area is 395 Å². The molecular weight excluding hydrogens is 849 g/mol. The molecule has 4 fully saturated rings. The molecule has 0 spiro atoms. The summed E-state index contributed by atoms with van der Waals surface area (Å²) in [6.45, 7) is 0. The molecule has 8 heterocycles. The van der Waals surface area contributed by atoms with Crippen molar-refractivity contribution in [2.75, 3.05) is 0 Å². The van der Waals surface area contributed by atoms with Gasteiger partial charge in [0.05, 0.1) is 121 Å². The van der Waals surface area contributed by atoms with Crippen LogP contribution in [-0.2, 0) is 0 Å². The van der Waals surface area contributed by atoms with Crippen LogP contribution in [0.25, 0.3) is 45.0 Å². The van der Waals surface area contributed by atoms with Crippen molar-refractivity contribution < 1.29 is 20.4 Å². The highest BCUT2D eigenvalue weighted by atomic mass is 16.3. The Morgan fingerprint density at radius 1 is 0.309 bits per heavy atom. The number of hydrogen-bond acceptors (Lipinski definition) is 8. The zero-order valence-electron chi connectivity index (χ0n) is 37.8. The van der Waals surface area contributed by atoms with Crippen LogP contribution in [0.3, 0.4) is 0 Å². The van der Waals surface area contributed by atoms with E-state index in [1.807, 2.05) is 50.1 Å². The first-order valence-corrected chi connectivity index (χ1v) is 24.6. The molecule has 16 rings (SSSR count). The van der Waals surface area contributed by atoms with Crippen LogP contribution in [0, 0.1) is 23.7 Å². The Morgan fingerprint density at radius 2 is 0.529 bits per heavy atom. The summed E-state index contributed by atoms with van der Waals surface area (Å²) in [5, 5.41) is 39.7. The Morgan fingerprint density at radius 3 is 0.721 bits per heavy atom. The largest absolute Gasteiger partial charge is 0.393 e. The molecule has 4 aromatic heterocycles. The van der Waals surface area contributed by atoms with E-state index in [0.29, 0.717) is 23.7 Å². The van der Waals surface area contributed by atoms with Crippen LogP contribution < -0.4 is 0 Å². The molecule has 0 saturated heterocycles. The van der Waals surface area contributed by atoms with Crippen molar-refractivity contribution in [1.82, 2.24) is 38.2 Å². The number of aromatic nitrogens is 8. The van der Waals surface area contributed by atoms with Gasteiger partial charge in [-0.2, -0.15) is 0 Å². The Hall–Kier alpha value is -6.44. The van der Waals surface area contributed by atoms with E-state index < -0.39 is 0 Å². The monoisotopic (exact) mass is 904 g/mol. The molecule has 0 amide bonds. The quantitative estimate of drug-likeness (QED) is 0.137. The summed E-state index contributed by atoms with van der Waals surface area (Å²) in [4.78, 5) is 17.0. The van der Waals surface area contributed by atoms with Crippen LogP contribution in [0.4, 0.5) is 0 Å². The maximum absolute atomic E-state index is 9.92. The zero-order chi connectivity index (χ0) is 45.6. The van der Waals surface area contributed by atoms with E-state index in [9.17, 15) is 20.4 Å². The number of nitrogens with zero attached hydrogens (tertiary/aromatic N) is 8. The molecule has 0 unspecified atom stereocenters. The van der Waals surface area contributed by atoms with Gasteiger partial charge in [-0.1, -0.05) is 97.1 Å². The van der Waals surface area contributed by atoms with Gasteiger partial charge in [0, 0.05) is 45.9 Å². The zero-order valence-corrected chi connectivity index (χ0v) is 37.8. The standard InChI is InChI=1S/4C14H14N2O/c4*17-13-6-5-11(13)14-10-4-2-1-3-9(10)12-7-15-8-16(12)14/h4*1-4,7-8,11,13-14,17H,5-6H2/t2*11-,13+,14+;2*11-,13-,14+/m1010/s1. The molecule has 4 saturated carbocycles. The lowest BCUT2D eigenvalue weighted by Gasteiger charge is -2.38. The number of aliphatic hydroxyl groups excluding tert-OH is 4. The third kappa shape index (κ3) is 6.48. The maximum atomic E-state index is 9.92. The van der Waals surface area contributed by atoms with E-state index in [-0.39, 0.29) is 48.6 Å². The first-order chi connectivity index (χ1) is 33.4. The van der Waals surface area contributed by atoms with Crippen LogP contribution in [0.1, 0.15) is 97.8 Å². The number of aliphatic hydroxyl groups is 4. The first-order valence-electron chi connectivity index (χ1n) is 24.6. The van der Waals surface area contributed by atoms with Gasteiger partial charge in [-0.05, 0) is 73.6 Å². The minimum Gasteiger partial charge on any atom is -0.393 e. The van der Waals surface area contributed by atoms with E-state index in [1.54, 1.807) is 0 Å². The van der Waals surface area contributed by atoms with Gasteiger partial charge >= 0.3 is 0 Å². The van der Waals surface area contributed by atoms with Crippen molar-refractivity contribution in [2.24, 2.45) is 23.7 Å². The Bertz CT molecular complexity index is 2720. The van der Waals surface area contributed by atoms with E-state index in [2.05, 4.69) is 135 Å². The lowest BCUT2D eigenvalue weighted by atomic mass is 9.74. The second-order valence-electron chi connectivity index (χ2n) is 20.1. The topological polar surface area (TPSA) is 152 Å². The van der Waals surface area contributed by atoms with Gasteiger partial charge in [-0.15, -0.1) is 0 Å². The minimum atomic E-state index is -0.151. The first kappa shape index (κ1) is 41.7. The predicted octanol–water partition coefficient (Wildman–Crippen LogP) is 8.90. The van der Waals surface area contributed by atoms with Gasteiger partial charge < -0.3 is 38.7 Å². The minimum absolute atomic E-state index is 0.151. The second-order valence-corrected chi connectivity index (χ2v) is 20.1. The van der Waals surface area contributed by atoms with E-state index in [0.717, 1.165) is 51.4 Å². The van der Waals surface area contributed by atoms with Gasteiger partial charge in [0.2, 0.25) is 0 Å². The van der Waals surface area contributed by atoms with Crippen LogP contribution in [-0.4, -0.2) is 83.0 Å². The number of benzene rings is 4. The normalized spacial score (nSPS) is 29.6. The average molecular weight is 905 g/mol. The molecule has 344 valence electrons. The van der Waals surface area contributed by atoms with Crippen molar-refractivity contribution in [1.29, 1.82) is 0 Å². The molecule has 12 nitrogen and oxygen atoms in total. The van der Waals surface area contributed by atoms with Gasteiger partial charge in [-0.25, -0.2) is 19.9 Å². The lowest BCUT2D eigenvalue weighted by molar-refractivity contribution is 0.00397. The lowest BCUT2D eigenvalue weighted by Crippen LogP contribution is -2.37. The Kier molecular flexibility index (Phi) is 10.2. The highest BCUT2D eigenvalue weighted by Gasteiger charge is 2.45. The van der Waals surface area contributed by atoms with Gasteiger partial charge in [0.1, 0.15) is 0 Å². The molecular formula is C56H56N8O4. The van der Waals surface area contributed by atoms with Crippen LogP contribution in [0.15, 0.2) is 147 Å². The number of fused-ring (bicyclic) bond motifs is 12. The fraction of sp³-hybridized carbons (Fsp3) is 0.357. The fourth-order valence-electron chi connectivity index (χ4n) is 12.7. The Balaban J connectivity index is 0.0000000896. The summed E-state index contributed by atoms with van der Waals surface area (Å²) in [6.07, 6.45) is 22.8. The van der Waals surface area contributed by atoms with Crippen molar-refractivity contribution >= 4 is 0 Å². The predicted molar refractivity (Wildman–Crippen MR) is 258 cm³/mol. The summed E-state index contributed by atoms with van der Waals surface area (Å²) >= 11 is 0. The highest BCUT2D eigenvalue weighted by molar-refractivity contribution is 5.72. The molecule has 8 aromatic rings. The third-order valence-corrected chi connectivity index (χ3v) is 16.9.